The van der Waals surface area contributed by atoms with Gasteiger partial charge in [-0.05, 0) is 24.5 Å². The maximum atomic E-state index is 11.5. The van der Waals surface area contributed by atoms with Crippen LogP contribution in [0.15, 0.2) is 18.2 Å². The summed E-state index contributed by atoms with van der Waals surface area (Å²) in [5, 5.41) is 20.1. The van der Waals surface area contributed by atoms with Crippen molar-refractivity contribution in [3.8, 4) is 0 Å². The molecule has 0 saturated heterocycles. The second-order valence-electron chi connectivity index (χ2n) is 4.69. The Balaban J connectivity index is 3.51. The zero-order valence-corrected chi connectivity index (χ0v) is 10.5. The molecule has 0 aliphatic rings. The van der Waals surface area contributed by atoms with E-state index < -0.39 is 16.3 Å². The van der Waals surface area contributed by atoms with Crippen molar-refractivity contribution in [2.45, 2.75) is 26.2 Å². The maximum absolute atomic E-state index is 11.5. The van der Waals surface area contributed by atoms with Gasteiger partial charge < -0.3 is 10.8 Å². The molecule has 1 rings (SSSR count). The van der Waals surface area contributed by atoms with Gasteiger partial charge in [0.2, 0.25) is 0 Å². The Hall–Kier alpha value is -2.11. The van der Waals surface area contributed by atoms with Crippen molar-refractivity contribution in [3.63, 3.8) is 0 Å². The lowest BCUT2D eigenvalue weighted by Crippen LogP contribution is -2.38. The van der Waals surface area contributed by atoms with Crippen LogP contribution in [0.1, 0.15) is 26.3 Å². The fourth-order valence-electron chi connectivity index (χ4n) is 1.78. The summed E-state index contributed by atoms with van der Waals surface area (Å²) in [5.41, 5.74) is 4.88. The molecule has 3 N–H and O–H groups in total. The van der Waals surface area contributed by atoms with Gasteiger partial charge >= 0.3 is 5.97 Å². The predicted octanol–water partition coefficient (Wildman–Crippen LogP) is 2.18. The number of nitro benzene ring substituents is 1. The van der Waals surface area contributed by atoms with Gasteiger partial charge in [0.15, 0.2) is 0 Å². The van der Waals surface area contributed by atoms with Crippen LogP contribution in [0.4, 0.5) is 11.4 Å². The SMILES string of the molecule is CC(C)C(C)(C(=O)O)c1cc([N+](=O)[O-])ccc1N. The number of nitrogens with zero attached hydrogens (tertiary/aromatic N) is 1. The summed E-state index contributed by atoms with van der Waals surface area (Å²) < 4.78 is 0. The van der Waals surface area contributed by atoms with Crippen LogP contribution in [0.3, 0.4) is 0 Å². The molecule has 0 spiro atoms. The molecule has 0 saturated carbocycles. The number of nitrogens with two attached hydrogens (primary N) is 1. The van der Waals surface area contributed by atoms with Crippen molar-refractivity contribution in [1.82, 2.24) is 0 Å². The minimum atomic E-state index is -1.25. The number of rotatable bonds is 4. The quantitative estimate of drug-likeness (QED) is 0.485. The molecule has 0 aliphatic heterocycles. The van der Waals surface area contributed by atoms with Crippen molar-refractivity contribution in [3.05, 3.63) is 33.9 Å². The van der Waals surface area contributed by atoms with E-state index in [0.29, 0.717) is 0 Å². The number of hydrogen-bond acceptors (Lipinski definition) is 4. The average molecular weight is 252 g/mol. The molecule has 0 aliphatic carbocycles. The summed E-state index contributed by atoms with van der Waals surface area (Å²) in [6, 6.07) is 3.88. The van der Waals surface area contributed by atoms with Gasteiger partial charge in [0.1, 0.15) is 0 Å². The van der Waals surface area contributed by atoms with Crippen LogP contribution < -0.4 is 5.73 Å². The lowest BCUT2D eigenvalue weighted by molar-refractivity contribution is -0.384. The van der Waals surface area contributed by atoms with Gasteiger partial charge in [-0.15, -0.1) is 0 Å². The van der Waals surface area contributed by atoms with E-state index in [0.717, 1.165) is 0 Å². The fourth-order valence-corrected chi connectivity index (χ4v) is 1.78. The highest BCUT2D eigenvalue weighted by atomic mass is 16.6. The van der Waals surface area contributed by atoms with Crippen molar-refractivity contribution < 1.29 is 14.8 Å². The Bertz CT molecular complexity index is 499. The second-order valence-corrected chi connectivity index (χ2v) is 4.69. The number of nitro groups is 1. The normalized spacial score (nSPS) is 14.2. The first-order chi connectivity index (χ1) is 8.21. The molecule has 0 fully saturated rings. The van der Waals surface area contributed by atoms with Gasteiger partial charge in [0.25, 0.3) is 5.69 Å². The molecule has 6 heteroatoms. The van der Waals surface area contributed by atoms with Crippen molar-refractivity contribution in [2.75, 3.05) is 5.73 Å². The highest BCUT2D eigenvalue weighted by Crippen LogP contribution is 2.37. The molecular weight excluding hydrogens is 236 g/mol. The first-order valence-electron chi connectivity index (χ1n) is 5.49. The largest absolute Gasteiger partial charge is 0.481 e. The average Bonchev–Trinajstić information content (AvgIpc) is 2.27. The Labute approximate surface area is 105 Å². The molecule has 0 radical (unpaired) electrons. The summed E-state index contributed by atoms with van der Waals surface area (Å²) in [6.45, 7) is 5.01. The van der Waals surface area contributed by atoms with E-state index in [4.69, 9.17) is 5.73 Å². The molecule has 0 aromatic heterocycles. The third-order valence-electron chi connectivity index (χ3n) is 3.41. The summed E-state index contributed by atoms with van der Waals surface area (Å²) >= 11 is 0. The molecule has 1 atom stereocenters. The number of non-ortho nitro benzene ring substituents is 1. The number of hydrogen-bond donors (Lipinski definition) is 2. The zero-order valence-electron chi connectivity index (χ0n) is 10.5. The number of anilines is 1. The molecule has 6 nitrogen and oxygen atoms in total. The number of nitrogen functional groups attached to an aromatic ring is 1. The molecule has 0 bridgehead atoms. The summed E-state index contributed by atoms with van der Waals surface area (Å²) in [4.78, 5) is 21.7. The Morgan fingerprint density at radius 3 is 2.44 bits per heavy atom. The molecule has 98 valence electrons. The molecule has 1 unspecified atom stereocenters. The van der Waals surface area contributed by atoms with Crippen molar-refractivity contribution >= 4 is 17.3 Å². The number of aliphatic carboxylic acids is 1. The van der Waals surface area contributed by atoms with Gasteiger partial charge in [-0.3, -0.25) is 14.9 Å². The molecule has 0 heterocycles. The lowest BCUT2D eigenvalue weighted by Gasteiger charge is -2.30. The minimum Gasteiger partial charge on any atom is -0.481 e. The number of carbonyl (C=O) groups is 1. The topological polar surface area (TPSA) is 106 Å². The predicted molar refractivity (Wildman–Crippen MR) is 67.3 cm³/mol. The second kappa shape index (κ2) is 4.64. The van der Waals surface area contributed by atoms with Gasteiger partial charge in [0, 0.05) is 17.8 Å². The van der Waals surface area contributed by atoms with Crippen LogP contribution in [0.25, 0.3) is 0 Å². The zero-order chi connectivity index (χ0) is 14.1. The highest BCUT2D eigenvalue weighted by molar-refractivity contribution is 5.84. The fraction of sp³-hybridized carbons (Fsp3) is 0.417. The van der Waals surface area contributed by atoms with Crippen LogP contribution >= 0.6 is 0 Å². The van der Waals surface area contributed by atoms with Crippen LogP contribution in [-0.2, 0) is 10.2 Å². The maximum Gasteiger partial charge on any atom is 0.314 e. The first-order valence-corrected chi connectivity index (χ1v) is 5.49. The summed E-state index contributed by atoms with van der Waals surface area (Å²) in [5.74, 6) is -1.30. The van der Waals surface area contributed by atoms with Gasteiger partial charge in [-0.1, -0.05) is 13.8 Å². The highest BCUT2D eigenvalue weighted by Gasteiger charge is 2.40. The molecule has 0 amide bonds. The Morgan fingerprint density at radius 1 is 1.50 bits per heavy atom. The standard InChI is InChI=1S/C12H16N2O4/c1-7(2)12(3,11(15)16)9-6-8(14(17)18)4-5-10(9)13/h4-7H,13H2,1-3H3,(H,15,16). The Kier molecular flexibility index (Phi) is 3.59. The number of carboxylic acids is 1. The van der Waals surface area contributed by atoms with E-state index in [2.05, 4.69) is 0 Å². The van der Waals surface area contributed by atoms with E-state index in [1.807, 2.05) is 0 Å². The van der Waals surface area contributed by atoms with Gasteiger partial charge in [-0.25, -0.2) is 0 Å². The van der Waals surface area contributed by atoms with Gasteiger partial charge in [0.05, 0.1) is 10.3 Å². The van der Waals surface area contributed by atoms with Crippen LogP contribution in [0.2, 0.25) is 0 Å². The van der Waals surface area contributed by atoms with Gasteiger partial charge in [-0.2, -0.15) is 0 Å². The molecule has 1 aromatic carbocycles. The van der Waals surface area contributed by atoms with E-state index >= 15 is 0 Å². The van der Waals surface area contributed by atoms with E-state index in [1.165, 1.54) is 25.1 Å². The molecule has 18 heavy (non-hydrogen) atoms. The third-order valence-corrected chi connectivity index (χ3v) is 3.41. The Morgan fingerprint density at radius 2 is 2.06 bits per heavy atom. The van der Waals surface area contributed by atoms with E-state index in [-0.39, 0.29) is 22.9 Å². The monoisotopic (exact) mass is 252 g/mol. The third kappa shape index (κ3) is 2.13. The summed E-state index contributed by atoms with van der Waals surface area (Å²) in [6.07, 6.45) is 0. The first kappa shape index (κ1) is 14.0. The smallest absolute Gasteiger partial charge is 0.314 e. The van der Waals surface area contributed by atoms with Crippen molar-refractivity contribution in [2.24, 2.45) is 5.92 Å². The summed E-state index contributed by atoms with van der Waals surface area (Å²) in [7, 11) is 0. The lowest BCUT2D eigenvalue weighted by atomic mass is 9.72. The van der Waals surface area contributed by atoms with Crippen LogP contribution in [-0.4, -0.2) is 16.0 Å². The molecule has 1 aromatic rings. The van der Waals surface area contributed by atoms with E-state index in [1.54, 1.807) is 13.8 Å². The number of carboxylic acid groups (broad SMARTS) is 1. The number of benzene rings is 1. The minimum absolute atomic E-state index is 0.160. The van der Waals surface area contributed by atoms with Crippen molar-refractivity contribution in [1.29, 1.82) is 0 Å². The molecular formula is C12H16N2O4. The van der Waals surface area contributed by atoms with E-state index in [9.17, 15) is 20.0 Å². The van der Waals surface area contributed by atoms with Crippen LogP contribution in [0, 0.1) is 16.0 Å². The van der Waals surface area contributed by atoms with Crippen LogP contribution in [0.5, 0.6) is 0 Å².